The Morgan fingerprint density at radius 3 is 2.07 bits per heavy atom. The largest absolute Gasteiger partial charge is 0.416 e. The third-order valence-electron chi connectivity index (χ3n) is 3.98. The van der Waals surface area contributed by atoms with E-state index in [-0.39, 0.29) is 12.6 Å². The van der Waals surface area contributed by atoms with E-state index < -0.39 is 40.3 Å². The molecule has 10 heteroatoms. The Kier molecular flexibility index (Phi) is 5.11. The van der Waals surface area contributed by atoms with Crippen molar-refractivity contribution in [1.29, 1.82) is 0 Å². The molecule has 27 heavy (non-hydrogen) atoms. The van der Waals surface area contributed by atoms with Crippen LogP contribution in [0.25, 0.3) is 0 Å². The summed E-state index contributed by atoms with van der Waals surface area (Å²) in [6.45, 7) is 0.216. The van der Waals surface area contributed by atoms with Gasteiger partial charge in [-0.15, -0.1) is 11.8 Å². The van der Waals surface area contributed by atoms with Gasteiger partial charge in [0.15, 0.2) is 0 Å². The minimum Gasteiger partial charge on any atom is -0.322 e. The second kappa shape index (κ2) is 7.06. The van der Waals surface area contributed by atoms with Crippen LogP contribution in [0.5, 0.6) is 0 Å². The van der Waals surface area contributed by atoms with E-state index in [0.717, 1.165) is 0 Å². The van der Waals surface area contributed by atoms with Gasteiger partial charge in [-0.25, -0.2) is 0 Å². The van der Waals surface area contributed by atoms with Crippen LogP contribution in [0.1, 0.15) is 32.4 Å². The van der Waals surface area contributed by atoms with Gasteiger partial charge in [0.05, 0.1) is 11.1 Å². The number of aromatic nitrogens is 1. The highest BCUT2D eigenvalue weighted by Crippen LogP contribution is 2.40. The summed E-state index contributed by atoms with van der Waals surface area (Å²) in [6.07, 6.45) is -6.99. The van der Waals surface area contributed by atoms with Crippen molar-refractivity contribution in [2.75, 3.05) is 12.3 Å². The quantitative estimate of drug-likeness (QED) is 0.658. The molecule has 0 N–H and O–H groups in total. The molecule has 1 aliphatic rings. The van der Waals surface area contributed by atoms with Gasteiger partial charge in [0.25, 0.3) is 5.91 Å². The molecule has 0 spiro atoms. The van der Waals surface area contributed by atoms with Gasteiger partial charge in [-0.3, -0.25) is 9.78 Å². The molecule has 1 atom stereocenters. The molecule has 0 bridgehead atoms. The summed E-state index contributed by atoms with van der Waals surface area (Å²) in [5.74, 6) is -0.359. The van der Waals surface area contributed by atoms with E-state index >= 15 is 0 Å². The molecule has 144 valence electrons. The van der Waals surface area contributed by atoms with Crippen molar-refractivity contribution in [3.8, 4) is 0 Å². The lowest BCUT2D eigenvalue weighted by Crippen LogP contribution is -2.31. The van der Waals surface area contributed by atoms with Gasteiger partial charge in [0.1, 0.15) is 5.37 Å². The zero-order valence-electron chi connectivity index (χ0n) is 13.5. The summed E-state index contributed by atoms with van der Waals surface area (Å²) in [6, 6.07) is 4.23. The van der Waals surface area contributed by atoms with Gasteiger partial charge in [-0.1, -0.05) is 0 Å². The number of hydrogen-bond donors (Lipinski definition) is 0. The maximum Gasteiger partial charge on any atom is 0.416 e. The zero-order chi connectivity index (χ0) is 19.8. The average molecular weight is 406 g/mol. The van der Waals surface area contributed by atoms with Crippen LogP contribution >= 0.6 is 11.8 Å². The number of halogens is 6. The Bertz CT molecular complexity index is 805. The normalized spacial score (nSPS) is 18.0. The lowest BCUT2D eigenvalue weighted by atomic mass is 10.0. The van der Waals surface area contributed by atoms with E-state index in [2.05, 4.69) is 4.98 Å². The third-order valence-corrected chi connectivity index (χ3v) is 5.24. The number of hydrogen-bond acceptors (Lipinski definition) is 3. The maximum atomic E-state index is 13.0. The molecule has 0 saturated carbocycles. The molecular formula is C17H12F6N2OS. The van der Waals surface area contributed by atoms with E-state index in [4.69, 9.17) is 0 Å². The van der Waals surface area contributed by atoms with E-state index in [1.807, 2.05) is 0 Å². The number of thioether (sulfide) groups is 1. The first-order valence-electron chi connectivity index (χ1n) is 7.69. The second-order valence-corrected chi connectivity index (χ2v) is 6.98. The van der Waals surface area contributed by atoms with Crippen LogP contribution in [-0.2, 0) is 12.4 Å². The van der Waals surface area contributed by atoms with Crippen LogP contribution in [0.2, 0.25) is 0 Å². The fraction of sp³-hybridized carbons (Fsp3) is 0.294. The number of rotatable bonds is 2. The Hall–Kier alpha value is -2.23. The summed E-state index contributed by atoms with van der Waals surface area (Å²) in [4.78, 5) is 17.9. The summed E-state index contributed by atoms with van der Waals surface area (Å²) in [5, 5.41) is -0.496. The molecule has 3 nitrogen and oxygen atoms in total. The minimum absolute atomic E-state index is 0.00978. The van der Waals surface area contributed by atoms with Crippen molar-refractivity contribution in [3.63, 3.8) is 0 Å². The van der Waals surface area contributed by atoms with Gasteiger partial charge in [-0.05, 0) is 35.9 Å². The van der Waals surface area contributed by atoms with Crippen molar-refractivity contribution >= 4 is 17.7 Å². The average Bonchev–Trinajstić information content (AvgIpc) is 3.09. The van der Waals surface area contributed by atoms with Crippen molar-refractivity contribution in [1.82, 2.24) is 9.88 Å². The van der Waals surface area contributed by atoms with E-state index in [0.29, 0.717) is 23.4 Å². The Labute approximate surface area is 154 Å². The molecule has 1 aromatic heterocycles. The van der Waals surface area contributed by atoms with Crippen molar-refractivity contribution in [3.05, 3.63) is 65.0 Å². The van der Waals surface area contributed by atoms with E-state index in [1.165, 1.54) is 29.1 Å². The predicted molar refractivity (Wildman–Crippen MR) is 86.9 cm³/mol. The maximum absolute atomic E-state index is 13.0. The lowest BCUT2D eigenvalue weighted by Gasteiger charge is -2.25. The van der Waals surface area contributed by atoms with E-state index in [9.17, 15) is 31.1 Å². The van der Waals surface area contributed by atoms with E-state index in [1.54, 1.807) is 12.1 Å². The summed E-state index contributed by atoms with van der Waals surface area (Å²) in [7, 11) is 0. The Balaban J connectivity index is 2.01. The number of nitrogens with zero attached hydrogens (tertiary/aromatic N) is 2. The smallest absolute Gasteiger partial charge is 0.322 e. The lowest BCUT2D eigenvalue weighted by molar-refractivity contribution is -0.143. The van der Waals surface area contributed by atoms with Crippen molar-refractivity contribution in [2.45, 2.75) is 17.7 Å². The molecule has 1 fully saturated rings. The first-order valence-corrected chi connectivity index (χ1v) is 8.74. The van der Waals surface area contributed by atoms with Gasteiger partial charge >= 0.3 is 12.4 Å². The molecule has 1 amide bonds. The third kappa shape index (κ3) is 4.20. The number of pyridine rings is 1. The van der Waals surface area contributed by atoms with Gasteiger partial charge in [-0.2, -0.15) is 26.3 Å². The number of carbonyl (C=O) groups excluding carboxylic acids is 1. The van der Waals surface area contributed by atoms with Crippen LogP contribution in [0, 0.1) is 0 Å². The Morgan fingerprint density at radius 1 is 1.00 bits per heavy atom. The minimum atomic E-state index is -5.00. The first kappa shape index (κ1) is 19.5. The van der Waals surface area contributed by atoms with Crippen molar-refractivity contribution in [2.24, 2.45) is 0 Å². The zero-order valence-corrected chi connectivity index (χ0v) is 14.3. The first-order chi connectivity index (χ1) is 12.6. The molecule has 3 rings (SSSR count). The second-order valence-electron chi connectivity index (χ2n) is 5.80. The summed E-state index contributed by atoms with van der Waals surface area (Å²) in [5.41, 5.74) is -2.96. The SMILES string of the molecule is O=C(c1cc(C(F)(F)F)cc(C(F)(F)F)c1)N1CCSC1c1ccncc1. The monoisotopic (exact) mass is 406 g/mol. The van der Waals surface area contributed by atoms with Crippen LogP contribution in [-0.4, -0.2) is 28.1 Å². The molecule has 1 unspecified atom stereocenters. The van der Waals surface area contributed by atoms with Crippen LogP contribution in [0.3, 0.4) is 0 Å². The number of carbonyl (C=O) groups is 1. The van der Waals surface area contributed by atoms with Gasteiger partial charge in [0.2, 0.25) is 0 Å². The van der Waals surface area contributed by atoms with Crippen LogP contribution < -0.4 is 0 Å². The molecule has 1 aromatic carbocycles. The topological polar surface area (TPSA) is 33.2 Å². The summed E-state index contributed by atoms with van der Waals surface area (Å²) < 4.78 is 78.1. The molecule has 1 saturated heterocycles. The van der Waals surface area contributed by atoms with Crippen LogP contribution in [0.4, 0.5) is 26.3 Å². The fourth-order valence-corrected chi connectivity index (χ4v) is 3.98. The van der Waals surface area contributed by atoms with Gasteiger partial charge < -0.3 is 4.90 Å². The highest BCUT2D eigenvalue weighted by Gasteiger charge is 2.39. The number of amides is 1. The highest BCUT2D eigenvalue weighted by molar-refractivity contribution is 7.99. The molecule has 2 heterocycles. The summed E-state index contributed by atoms with van der Waals surface area (Å²) >= 11 is 1.38. The molecule has 1 aliphatic heterocycles. The van der Waals surface area contributed by atoms with Crippen molar-refractivity contribution < 1.29 is 31.1 Å². The predicted octanol–water partition coefficient (Wildman–Crippen LogP) is 5.01. The molecule has 0 aliphatic carbocycles. The molecular weight excluding hydrogens is 394 g/mol. The Morgan fingerprint density at radius 2 is 1.56 bits per heavy atom. The molecule has 2 aromatic rings. The van der Waals surface area contributed by atoms with Crippen LogP contribution in [0.15, 0.2) is 42.7 Å². The number of benzene rings is 1. The fourth-order valence-electron chi connectivity index (χ4n) is 2.73. The number of alkyl halides is 6. The highest BCUT2D eigenvalue weighted by atomic mass is 32.2. The standard InChI is InChI=1S/C17H12F6N2OS/c18-16(19,20)12-7-11(8-13(9-12)17(21,22)23)14(26)25-5-6-27-15(25)10-1-3-24-4-2-10/h1-4,7-9,15H,5-6H2. The van der Waals surface area contributed by atoms with Gasteiger partial charge in [0, 0.05) is 30.3 Å². The molecule has 0 radical (unpaired) electrons.